The average molecular weight is 941 g/mol. The Bertz CT molecular complexity index is 2310. The van der Waals surface area contributed by atoms with E-state index in [0.717, 1.165) is 0 Å². The van der Waals surface area contributed by atoms with Crippen molar-refractivity contribution in [1.82, 2.24) is 0 Å². The van der Waals surface area contributed by atoms with Crippen LogP contribution in [0.1, 0.15) is 41.4 Å². The van der Waals surface area contributed by atoms with E-state index in [1.54, 1.807) is 0 Å². The molecule has 1 saturated heterocycles. The van der Waals surface area contributed by atoms with Crippen LogP contribution in [0.2, 0.25) is 0 Å². The number of carbonyl (C=O) groups is 4. The topological polar surface area (TPSA) is 225 Å². The fourth-order valence-electron chi connectivity index (χ4n) is 6.99. The molecule has 0 spiro atoms. The zero-order valence-corrected chi connectivity index (χ0v) is 38.9. The Morgan fingerprint density at radius 2 is 0.657 bits per heavy atom. The lowest BCUT2D eigenvalue weighted by molar-refractivity contribution is -0.197. The standard InChI is InChI=1S/C46H52O21/c1-51-27-13-23(14-28(52-2)37(27)59-9)43(47)64-21-35-41(66-45(49)25-17-31(55-5)39(61-11)32(18-25)56-6)42(67-46(50)26-19-33(57-7)40(62-12)34(20-26)58-8)36(22-63-35)65-44(48)24-15-29(53-3)38(60-10)30(16-24)54-4/h13-20,35-36,41-42H,21-22H2,1-12H3/t35-,36+,41-,42-/m1/s1. The van der Waals surface area contributed by atoms with Crippen molar-refractivity contribution in [3.63, 3.8) is 0 Å². The van der Waals surface area contributed by atoms with Gasteiger partial charge in [0.05, 0.1) is 114 Å². The summed E-state index contributed by atoms with van der Waals surface area (Å²) >= 11 is 0. The first-order chi connectivity index (χ1) is 32.3. The van der Waals surface area contributed by atoms with Crippen LogP contribution in [0.4, 0.5) is 0 Å². The number of rotatable bonds is 21. The molecule has 0 saturated carbocycles. The van der Waals surface area contributed by atoms with Gasteiger partial charge in [-0.25, -0.2) is 19.2 Å². The number of hydrogen-bond acceptors (Lipinski definition) is 21. The number of ether oxygens (including phenoxy) is 17. The van der Waals surface area contributed by atoms with Crippen molar-refractivity contribution in [2.45, 2.75) is 24.4 Å². The van der Waals surface area contributed by atoms with Crippen LogP contribution >= 0.6 is 0 Å². The van der Waals surface area contributed by atoms with E-state index in [9.17, 15) is 19.2 Å². The van der Waals surface area contributed by atoms with Crippen molar-refractivity contribution < 1.29 is 99.7 Å². The molecular weight excluding hydrogens is 888 g/mol. The molecule has 0 N–H and O–H groups in total. The molecule has 1 aliphatic heterocycles. The summed E-state index contributed by atoms with van der Waals surface area (Å²) in [5, 5.41) is 0. The van der Waals surface area contributed by atoms with Crippen LogP contribution < -0.4 is 56.8 Å². The number of methoxy groups -OCH3 is 12. The molecule has 362 valence electrons. The summed E-state index contributed by atoms with van der Waals surface area (Å²) in [4.78, 5) is 56.5. The van der Waals surface area contributed by atoms with E-state index in [0.29, 0.717) is 0 Å². The predicted molar refractivity (Wildman–Crippen MR) is 232 cm³/mol. The normalized spacial score (nSPS) is 16.2. The summed E-state index contributed by atoms with van der Waals surface area (Å²) in [7, 11) is 16.4. The van der Waals surface area contributed by atoms with Crippen LogP contribution in [0.15, 0.2) is 48.5 Å². The highest BCUT2D eigenvalue weighted by atomic mass is 16.7. The fourth-order valence-corrected chi connectivity index (χ4v) is 6.99. The number of benzene rings is 4. The number of hydrogen-bond donors (Lipinski definition) is 0. The summed E-state index contributed by atoms with van der Waals surface area (Å²) in [5.41, 5.74) is -0.319. The second-order valence-electron chi connectivity index (χ2n) is 13.8. The average Bonchev–Trinajstić information content (AvgIpc) is 3.36. The van der Waals surface area contributed by atoms with Crippen LogP contribution in [0.25, 0.3) is 0 Å². The third-order valence-electron chi connectivity index (χ3n) is 10.3. The molecule has 4 aromatic carbocycles. The maximum atomic E-state index is 14.3. The number of carbonyl (C=O) groups excluding carboxylic acids is 4. The molecule has 0 unspecified atom stereocenters. The molecule has 0 aliphatic carbocycles. The monoisotopic (exact) mass is 940 g/mol. The van der Waals surface area contributed by atoms with Crippen LogP contribution in [0.3, 0.4) is 0 Å². The molecule has 21 nitrogen and oxygen atoms in total. The van der Waals surface area contributed by atoms with Gasteiger partial charge in [-0.1, -0.05) is 0 Å². The lowest BCUT2D eigenvalue weighted by Crippen LogP contribution is -2.59. The Kier molecular flexibility index (Phi) is 17.3. The molecule has 4 atom stereocenters. The van der Waals surface area contributed by atoms with Gasteiger partial charge in [0.25, 0.3) is 0 Å². The molecule has 1 fully saturated rings. The van der Waals surface area contributed by atoms with Crippen molar-refractivity contribution in [2.24, 2.45) is 0 Å². The van der Waals surface area contributed by atoms with Gasteiger partial charge in [-0.2, -0.15) is 0 Å². The van der Waals surface area contributed by atoms with E-state index in [1.807, 2.05) is 0 Å². The van der Waals surface area contributed by atoms with Gasteiger partial charge >= 0.3 is 23.9 Å². The quantitative estimate of drug-likeness (QED) is 0.0789. The second-order valence-corrected chi connectivity index (χ2v) is 13.8. The van der Waals surface area contributed by atoms with Crippen molar-refractivity contribution in [2.75, 3.05) is 98.5 Å². The first kappa shape index (κ1) is 50.3. The maximum Gasteiger partial charge on any atom is 0.338 e. The Labute approximate surface area is 385 Å². The van der Waals surface area contributed by atoms with E-state index in [-0.39, 0.29) is 91.2 Å². The van der Waals surface area contributed by atoms with Gasteiger partial charge in [-0.15, -0.1) is 0 Å². The van der Waals surface area contributed by atoms with Crippen molar-refractivity contribution in [3.05, 3.63) is 70.8 Å². The summed E-state index contributed by atoms with van der Waals surface area (Å²) in [6, 6.07) is 10.7. The van der Waals surface area contributed by atoms with Crippen molar-refractivity contribution in [3.8, 4) is 69.0 Å². The van der Waals surface area contributed by atoms with Gasteiger partial charge in [0, 0.05) is 0 Å². The predicted octanol–water partition coefficient (Wildman–Crippen LogP) is 5.02. The second kappa shape index (κ2) is 23.0. The third kappa shape index (κ3) is 10.9. The van der Waals surface area contributed by atoms with Gasteiger partial charge in [0.15, 0.2) is 64.3 Å². The van der Waals surface area contributed by atoms with E-state index in [1.165, 1.54) is 134 Å². The lowest BCUT2D eigenvalue weighted by Gasteiger charge is -2.40. The fraction of sp³-hybridized carbons (Fsp3) is 0.391. The highest BCUT2D eigenvalue weighted by Crippen LogP contribution is 2.42. The largest absolute Gasteiger partial charge is 0.493 e. The molecule has 1 aliphatic rings. The van der Waals surface area contributed by atoms with Crippen LogP contribution in [-0.4, -0.2) is 147 Å². The summed E-state index contributed by atoms with van der Waals surface area (Å²) < 4.78 is 95.4. The molecule has 0 bridgehead atoms. The Hall–Kier alpha value is -7.68. The molecule has 1 heterocycles. The van der Waals surface area contributed by atoms with Gasteiger partial charge in [-0.3, -0.25) is 0 Å². The smallest absolute Gasteiger partial charge is 0.338 e. The van der Waals surface area contributed by atoms with Crippen molar-refractivity contribution in [1.29, 1.82) is 0 Å². The minimum Gasteiger partial charge on any atom is -0.493 e. The Morgan fingerprint density at radius 3 is 0.940 bits per heavy atom. The van der Waals surface area contributed by atoms with Gasteiger partial charge < -0.3 is 80.5 Å². The summed E-state index contributed by atoms with van der Waals surface area (Å²) in [6.07, 6.45) is -6.30. The van der Waals surface area contributed by atoms with E-state index >= 15 is 0 Å². The van der Waals surface area contributed by atoms with E-state index in [4.69, 9.17) is 80.5 Å². The first-order valence-electron chi connectivity index (χ1n) is 19.9. The molecular formula is C46H52O21. The molecule has 0 aromatic heterocycles. The molecule has 67 heavy (non-hydrogen) atoms. The first-order valence-corrected chi connectivity index (χ1v) is 19.9. The minimum atomic E-state index is -1.70. The minimum absolute atomic E-state index is 0.0150. The molecule has 5 rings (SSSR count). The van der Waals surface area contributed by atoms with Gasteiger partial charge in [-0.05, 0) is 48.5 Å². The number of esters is 4. The highest BCUT2D eigenvalue weighted by Gasteiger charge is 2.49. The van der Waals surface area contributed by atoms with Crippen LogP contribution in [0, 0.1) is 0 Å². The van der Waals surface area contributed by atoms with Gasteiger partial charge in [0.1, 0.15) is 12.7 Å². The summed E-state index contributed by atoms with van der Waals surface area (Å²) in [5.74, 6) is -2.14. The third-order valence-corrected chi connectivity index (χ3v) is 10.3. The van der Waals surface area contributed by atoms with Crippen LogP contribution in [-0.2, 0) is 23.7 Å². The Morgan fingerprint density at radius 1 is 0.388 bits per heavy atom. The zero-order valence-electron chi connectivity index (χ0n) is 38.9. The lowest BCUT2D eigenvalue weighted by atomic mass is 9.99. The van der Waals surface area contributed by atoms with Crippen LogP contribution in [0.5, 0.6) is 69.0 Å². The molecule has 0 radical (unpaired) electrons. The molecule has 0 amide bonds. The zero-order chi connectivity index (χ0) is 48.9. The van der Waals surface area contributed by atoms with Gasteiger partial charge in [0.2, 0.25) is 23.0 Å². The van der Waals surface area contributed by atoms with E-state index < -0.39 is 61.5 Å². The SMILES string of the molecule is COc1cc(C(=O)OC[C@H]2OC[C@H](OC(=O)c3cc(OC)c(OC)c(OC)c3)[C@@H](OC(=O)c3cc(OC)c(OC)c(OC)c3)[C@@H]2OC(=O)c2cc(OC)c(OC)c(OC)c2)cc(OC)c1OC. The Balaban J connectivity index is 1.63. The van der Waals surface area contributed by atoms with E-state index in [2.05, 4.69) is 0 Å². The maximum absolute atomic E-state index is 14.3. The van der Waals surface area contributed by atoms with Crippen molar-refractivity contribution >= 4 is 23.9 Å². The molecule has 21 heteroatoms. The summed E-state index contributed by atoms with van der Waals surface area (Å²) in [6.45, 7) is -1.11. The molecule has 4 aromatic rings. The highest BCUT2D eigenvalue weighted by molar-refractivity contribution is 5.94.